The van der Waals surface area contributed by atoms with Gasteiger partial charge in [0.2, 0.25) is 5.06 Å². The average Bonchev–Trinajstić information content (AvgIpc) is 3.51. The molecular formula is C25H24N4O5S. The Kier molecular flexibility index (Phi) is 6.57. The molecule has 2 N–H and O–H groups in total. The van der Waals surface area contributed by atoms with Gasteiger partial charge >= 0.3 is 5.97 Å². The van der Waals surface area contributed by atoms with Gasteiger partial charge in [-0.05, 0) is 55.3 Å². The lowest BCUT2D eigenvalue weighted by Gasteiger charge is -2.27. The van der Waals surface area contributed by atoms with E-state index in [2.05, 4.69) is 15.2 Å². The molecule has 2 aromatic heterocycles. The van der Waals surface area contributed by atoms with E-state index in [-0.39, 0.29) is 11.3 Å². The number of aromatic amines is 1. The van der Waals surface area contributed by atoms with Gasteiger partial charge in [-0.25, -0.2) is 9.78 Å². The van der Waals surface area contributed by atoms with Crippen molar-refractivity contribution in [2.75, 3.05) is 19.1 Å². The Bertz CT molecular complexity index is 1410. The van der Waals surface area contributed by atoms with Crippen molar-refractivity contribution in [2.24, 2.45) is 0 Å². The van der Waals surface area contributed by atoms with E-state index < -0.39 is 5.97 Å². The topological polar surface area (TPSA) is 118 Å². The molecule has 0 fully saturated rings. The molecule has 0 radical (unpaired) electrons. The SMILES string of the molecule is COc1ccc(N(c2ccn[nH]2)c2cc(C)c(-c3nc(C(C)=O)c(OC)s3)cc2C)c(C(=O)O)c1. The summed E-state index contributed by atoms with van der Waals surface area (Å²) in [6.45, 7) is 5.33. The number of ether oxygens (including phenoxy) is 2. The van der Waals surface area contributed by atoms with Crippen molar-refractivity contribution in [3.8, 4) is 21.4 Å². The Hall–Kier alpha value is -4.18. The smallest absolute Gasteiger partial charge is 0.337 e. The Morgan fingerprint density at radius 1 is 1.03 bits per heavy atom. The number of anilines is 3. The van der Waals surface area contributed by atoms with Crippen LogP contribution in [0.25, 0.3) is 10.6 Å². The predicted octanol–water partition coefficient (Wildman–Crippen LogP) is 5.54. The molecule has 0 aliphatic rings. The highest BCUT2D eigenvalue weighted by Gasteiger charge is 2.24. The number of H-pyrrole nitrogens is 1. The van der Waals surface area contributed by atoms with E-state index in [4.69, 9.17) is 9.47 Å². The molecule has 2 heterocycles. The molecule has 4 rings (SSSR count). The van der Waals surface area contributed by atoms with Crippen molar-refractivity contribution in [1.29, 1.82) is 0 Å². The van der Waals surface area contributed by atoms with Crippen molar-refractivity contribution in [2.45, 2.75) is 20.8 Å². The van der Waals surface area contributed by atoms with Crippen LogP contribution in [-0.4, -0.2) is 46.3 Å². The first kappa shape index (κ1) is 24.0. The summed E-state index contributed by atoms with van der Waals surface area (Å²) in [4.78, 5) is 30.5. The number of aromatic carboxylic acids is 1. The number of aromatic nitrogens is 3. The van der Waals surface area contributed by atoms with Crippen LogP contribution in [0.1, 0.15) is 38.9 Å². The molecule has 9 nitrogen and oxygen atoms in total. The first-order valence-electron chi connectivity index (χ1n) is 10.6. The van der Waals surface area contributed by atoms with Crippen LogP contribution in [0, 0.1) is 13.8 Å². The third-order valence-corrected chi connectivity index (χ3v) is 6.58. The van der Waals surface area contributed by atoms with Crippen molar-refractivity contribution in [3.63, 3.8) is 0 Å². The van der Waals surface area contributed by atoms with Crippen molar-refractivity contribution >= 4 is 40.3 Å². The minimum atomic E-state index is -1.08. The van der Waals surface area contributed by atoms with Gasteiger partial charge in [0, 0.05) is 18.6 Å². The highest BCUT2D eigenvalue weighted by molar-refractivity contribution is 7.17. The Morgan fingerprint density at radius 3 is 2.37 bits per heavy atom. The van der Waals surface area contributed by atoms with Gasteiger partial charge in [0.15, 0.2) is 11.5 Å². The summed E-state index contributed by atoms with van der Waals surface area (Å²) in [5, 5.41) is 18.1. The van der Waals surface area contributed by atoms with Gasteiger partial charge in [0.05, 0.1) is 37.4 Å². The van der Waals surface area contributed by atoms with Gasteiger partial charge in [-0.15, -0.1) is 0 Å². The van der Waals surface area contributed by atoms with Crippen molar-refractivity contribution in [3.05, 3.63) is 65.0 Å². The van der Waals surface area contributed by atoms with E-state index >= 15 is 0 Å². The minimum Gasteiger partial charge on any atom is -0.497 e. The van der Waals surface area contributed by atoms with E-state index in [9.17, 15) is 14.7 Å². The lowest BCUT2D eigenvalue weighted by atomic mass is 10.0. The summed E-state index contributed by atoms with van der Waals surface area (Å²) >= 11 is 1.31. The van der Waals surface area contributed by atoms with Crippen LogP contribution in [0.5, 0.6) is 10.8 Å². The Morgan fingerprint density at radius 2 is 1.80 bits per heavy atom. The van der Waals surface area contributed by atoms with Crippen LogP contribution in [0.4, 0.5) is 17.2 Å². The number of carbonyl (C=O) groups excluding carboxylic acids is 1. The number of thiazole rings is 1. The molecule has 0 saturated carbocycles. The van der Waals surface area contributed by atoms with Crippen molar-refractivity contribution in [1.82, 2.24) is 15.2 Å². The van der Waals surface area contributed by atoms with E-state index in [0.29, 0.717) is 33.0 Å². The van der Waals surface area contributed by atoms with Gasteiger partial charge in [-0.3, -0.25) is 14.8 Å². The lowest BCUT2D eigenvalue weighted by molar-refractivity contribution is 0.0697. The number of methoxy groups -OCH3 is 2. The minimum absolute atomic E-state index is 0.0795. The zero-order valence-corrected chi connectivity index (χ0v) is 20.7. The molecule has 4 aromatic rings. The monoisotopic (exact) mass is 492 g/mol. The second kappa shape index (κ2) is 9.59. The number of ketones is 1. The molecule has 0 bridgehead atoms. The standard InChI is InChI=1S/C25H24N4O5S/c1-13-11-20(14(2)10-17(13)23-27-22(15(3)30)25(34-5)35-23)29(21-8-9-26-28-21)19-7-6-16(33-4)12-18(19)24(31)32/h6-12H,1-5H3,(H,26,28)(H,31,32). The molecule has 0 aliphatic carbocycles. The summed E-state index contributed by atoms with van der Waals surface area (Å²) < 4.78 is 10.6. The second-order valence-corrected chi connectivity index (χ2v) is 8.80. The first-order chi connectivity index (χ1) is 16.7. The molecular weight excluding hydrogens is 468 g/mol. The van der Waals surface area contributed by atoms with E-state index in [1.165, 1.54) is 38.5 Å². The van der Waals surface area contributed by atoms with E-state index in [1.54, 1.807) is 24.4 Å². The number of rotatable bonds is 8. The molecule has 35 heavy (non-hydrogen) atoms. The third kappa shape index (κ3) is 4.47. The van der Waals surface area contributed by atoms with Gasteiger partial charge in [0.25, 0.3) is 0 Å². The largest absolute Gasteiger partial charge is 0.497 e. The van der Waals surface area contributed by atoms with Crippen LogP contribution >= 0.6 is 11.3 Å². The number of hydrogen-bond donors (Lipinski definition) is 2. The normalized spacial score (nSPS) is 10.8. The molecule has 10 heteroatoms. The maximum atomic E-state index is 12.1. The molecule has 0 saturated heterocycles. The van der Waals surface area contributed by atoms with Gasteiger partial charge in [-0.1, -0.05) is 11.3 Å². The van der Waals surface area contributed by atoms with Crippen LogP contribution in [-0.2, 0) is 0 Å². The number of carboxylic acid groups (broad SMARTS) is 1. The summed E-state index contributed by atoms with van der Waals surface area (Å²) in [7, 11) is 3.01. The summed E-state index contributed by atoms with van der Waals surface area (Å²) in [6.07, 6.45) is 1.61. The fraction of sp³-hybridized carbons (Fsp3) is 0.200. The zero-order chi connectivity index (χ0) is 25.3. The van der Waals surface area contributed by atoms with Crippen LogP contribution in [0.15, 0.2) is 42.6 Å². The number of aryl methyl sites for hydroxylation is 2. The molecule has 0 spiro atoms. The summed E-state index contributed by atoms with van der Waals surface area (Å²) in [5.74, 6) is -0.205. The number of nitrogens with one attached hydrogen (secondary N) is 1. The van der Waals surface area contributed by atoms with Crippen molar-refractivity contribution < 1.29 is 24.2 Å². The van der Waals surface area contributed by atoms with Crippen LogP contribution < -0.4 is 14.4 Å². The molecule has 0 unspecified atom stereocenters. The van der Waals surface area contributed by atoms with E-state index in [1.807, 2.05) is 30.9 Å². The number of benzene rings is 2. The molecule has 0 amide bonds. The zero-order valence-electron chi connectivity index (χ0n) is 19.9. The number of hydrogen-bond acceptors (Lipinski definition) is 8. The number of carboxylic acids is 1. The van der Waals surface area contributed by atoms with Gasteiger partial charge in [-0.2, -0.15) is 5.10 Å². The Balaban J connectivity index is 1.90. The van der Waals surface area contributed by atoms with Gasteiger partial charge in [0.1, 0.15) is 16.6 Å². The molecule has 180 valence electrons. The highest BCUT2D eigenvalue weighted by atomic mass is 32.1. The van der Waals surface area contributed by atoms with Crippen LogP contribution in [0.3, 0.4) is 0 Å². The molecule has 0 atom stereocenters. The predicted molar refractivity (Wildman–Crippen MR) is 134 cm³/mol. The fourth-order valence-corrected chi connectivity index (χ4v) is 4.84. The summed E-state index contributed by atoms with van der Waals surface area (Å²) in [5.41, 5.74) is 4.22. The van der Waals surface area contributed by atoms with Gasteiger partial charge < -0.3 is 14.6 Å². The quantitative estimate of drug-likeness (QED) is 0.308. The highest BCUT2D eigenvalue weighted by Crippen LogP contribution is 2.42. The maximum absolute atomic E-state index is 12.1. The summed E-state index contributed by atoms with van der Waals surface area (Å²) in [6, 6.07) is 10.6. The first-order valence-corrected chi connectivity index (χ1v) is 11.4. The second-order valence-electron chi connectivity index (χ2n) is 7.83. The number of Topliss-reactive ketones (excluding diaryl/α,β-unsaturated/α-hetero) is 1. The Labute approximate surface area is 206 Å². The average molecular weight is 493 g/mol. The molecule has 0 aliphatic heterocycles. The third-order valence-electron chi connectivity index (χ3n) is 5.53. The molecule has 2 aromatic carbocycles. The number of nitrogens with zero attached hydrogens (tertiary/aromatic N) is 3. The van der Waals surface area contributed by atoms with Crippen LogP contribution in [0.2, 0.25) is 0 Å². The van der Waals surface area contributed by atoms with E-state index in [0.717, 1.165) is 22.4 Å². The lowest BCUT2D eigenvalue weighted by Crippen LogP contribution is -2.16. The number of carbonyl (C=O) groups is 2. The maximum Gasteiger partial charge on any atom is 0.337 e. The fourth-order valence-electron chi connectivity index (χ4n) is 3.83.